The Bertz CT molecular complexity index is 125. The Morgan fingerprint density at radius 3 is 2.50 bits per heavy atom. The summed E-state index contributed by atoms with van der Waals surface area (Å²) in [7, 11) is 0. The zero-order valence-corrected chi connectivity index (χ0v) is 8.82. The minimum Gasteiger partial charge on any atom is -0.316 e. The van der Waals surface area contributed by atoms with Crippen LogP contribution in [0.3, 0.4) is 0 Å². The Morgan fingerprint density at radius 1 is 1.33 bits per heavy atom. The summed E-state index contributed by atoms with van der Waals surface area (Å²) in [5.74, 6) is 1.07. The van der Waals surface area contributed by atoms with Gasteiger partial charge in [-0.15, -0.1) is 0 Å². The molecule has 1 rings (SSSR count). The van der Waals surface area contributed by atoms with Crippen LogP contribution in [0.5, 0.6) is 0 Å². The first-order chi connectivity index (χ1) is 5.64. The maximum absolute atomic E-state index is 3.55. The third-order valence-electron chi connectivity index (χ3n) is 2.99. The summed E-state index contributed by atoms with van der Waals surface area (Å²) in [6.45, 7) is 9.33. The van der Waals surface area contributed by atoms with Gasteiger partial charge in [0.15, 0.2) is 0 Å². The molecule has 1 N–H and O–H groups in total. The maximum atomic E-state index is 3.55. The highest BCUT2D eigenvalue weighted by Crippen LogP contribution is 2.31. The molecule has 12 heavy (non-hydrogen) atoms. The Kier molecular flexibility index (Phi) is 3.57. The zero-order valence-electron chi connectivity index (χ0n) is 8.82. The fraction of sp³-hybridized carbons (Fsp3) is 1.00. The summed E-state index contributed by atoms with van der Waals surface area (Å²) in [6.07, 6.45) is 5.64. The molecule has 0 aliphatic heterocycles. The van der Waals surface area contributed by atoms with Gasteiger partial charge in [-0.1, -0.05) is 33.6 Å². The average Bonchev–Trinajstić information content (AvgIpc) is 2.82. The fourth-order valence-corrected chi connectivity index (χ4v) is 1.26. The number of hydrogen-bond donors (Lipinski definition) is 1. The number of rotatable bonds is 6. The van der Waals surface area contributed by atoms with Crippen LogP contribution in [0.25, 0.3) is 0 Å². The predicted molar refractivity (Wildman–Crippen MR) is 54.3 cm³/mol. The molecule has 1 nitrogen and oxygen atoms in total. The summed E-state index contributed by atoms with van der Waals surface area (Å²) in [6, 6.07) is 0. The Labute approximate surface area is 76.9 Å². The second-order valence-electron chi connectivity index (χ2n) is 4.93. The third kappa shape index (κ3) is 4.10. The standard InChI is InChI=1S/C11H23N/c1-4-11(2,3)9-12-8-7-10-5-6-10/h10,12H,4-9H2,1-3H3. The van der Waals surface area contributed by atoms with E-state index in [4.69, 9.17) is 0 Å². The fourth-order valence-electron chi connectivity index (χ4n) is 1.26. The molecule has 0 aromatic rings. The van der Waals surface area contributed by atoms with E-state index < -0.39 is 0 Å². The second kappa shape index (κ2) is 4.27. The zero-order chi connectivity index (χ0) is 9.03. The largest absolute Gasteiger partial charge is 0.316 e. The van der Waals surface area contributed by atoms with Gasteiger partial charge in [0, 0.05) is 6.54 Å². The molecule has 1 heteroatoms. The smallest absolute Gasteiger partial charge is 0.000242 e. The van der Waals surface area contributed by atoms with Crippen LogP contribution < -0.4 is 5.32 Å². The molecule has 0 radical (unpaired) electrons. The highest BCUT2D eigenvalue weighted by atomic mass is 14.9. The van der Waals surface area contributed by atoms with Crippen molar-refractivity contribution in [3.63, 3.8) is 0 Å². The molecule has 1 aliphatic rings. The minimum atomic E-state index is 0.490. The molecule has 1 saturated carbocycles. The van der Waals surface area contributed by atoms with E-state index in [9.17, 15) is 0 Å². The predicted octanol–water partition coefficient (Wildman–Crippen LogP) is 2.81. The molecular formula is C11H23N. The van der Waals surface area contributed by atoms with E-state index in [1.165, 1.54) is 38.8 Å². The Hall–Kier alpha value is -0.0400. The quantitative estimate of drug-likeness (QED) is 0.603. The molecule has 0 atom stereocenters. The lowest BCUT2D eigenvalue weighted by atomic mass is 9.90. The molecule has 1 aliphatic carbocycles. The van der Waals surface area contributed by atoms with Gasteiger partial charge in [0.2, 0.25) is 0 Å². The summed E-state index contributed by atoms with van der Waals surface area (Å²) >= 11 is 0. The van der Waals surface area contributed by atoms with Gasteiger partial charge in [-0.25, -0.2) is 0 Å². The molecule has 0 aromatic carbocycles. The summed E-state index contributed by atoms with van der Waals surface area (Å²) in [4.78, 5) is 0. The van der Waals surface area contributed by atoms with E-state index >= 15 is 0 Å². The topological polar surface area (TPSA) is 12.0 Å². The molecule has 72 valence electrons. The highest BCUT2D eigenvalue weighted by Gasteiger charge is 2.20. The van der Waals surface area contributed by atoms with Crippen LogP contribution in [0, 0.1) is 11.3 Å². The van der Waals surface area contributed by atoms with Crippen molar-refractivity contribution in [2.45, 2.75) is 46.5 Å². The normalized spacial score (nSPS) is 18.2. The van der Waals surface area contributed by atoms with Crippen LogP contribution in [0.15, 0.2) is 0 Å². The maximum Gasteiger partial charge on any atom is 0.000242 e. The summed E-state index contributed by atoms with van der Waals surface area (Å²) in [5.41, 5.74) is 0.490. The van der Waals surface area contributed by atoms with Crippen molar-refractivity contribution in [1.82, 2.24) is 5.32 Å². The van der Waals surface area contributed by atoms with Gasteiger partial charge in [0.25, 0.3) is 0 Å². The molecule has 1 fully saturated rings. The lowest BCUT2D eigenvalue weighted by Crippen LogP contribution is -2.29. The monoisotopic (exact) mass is 169 g/mol. The van der Waals surface area contributed by atoms with Gasteiger partial charge in [-0.05, 0) is 30.7 Å². The van der Waals surface area contributed by atoms with Gasteiger partial charge in [0.05, 0.1) is 0 Å². The van der Waals surface area contributed by atoms with Gasteiger partial charge in [-0.2, -0.15) is 0 Å². The van der Waals surface area contributed by atoms with Gasteiger partial charge in [-0.3, -0.25) is 0 Å². The van der Waals surface area contributed by atoms with Gasteiger partial charge < -0.3 is 5.32 Å². The first-order valence-corrected chi connectivity index (χ1v) is 5.35. The second-order valence-corrected chi connectivity index (χ2v) is 4.93. The van der Waals surface area contributed by atoms with E-state index in [-0.39, 0.29) is 0 Å². The molecule has 0 aromatic heterocycles. The van der Waals surface area contributed by atoms with Crippen molar-refractivity contribution in [3.8, 4) is 0 Å². The molecule has 0 amide bonds. The minimum absolute atomic E-state index is 0.490. The van der Waals surface area contributed by atoms with E-state index in [2.05, 4.69) is 26.1 Å². The van der Waals surface area contributed by atoms with Crippen LogP contribution in [0.4, 0.5) is 0 Å². The molecular weight excluding hydrogens is 146 g/mol. The van der Waals surface area contributed by atoms with Crippen LogP contribution in [-0.4, -0.2) is 13.1 Å². The summed E-state index contributed by atoms with van der Waals surface area (Å²) in [5, 5.41) is 3.55. The van der Waals surface area contributed by atoms with Crippen LogP contribution in [-0.2, 0) is 0 Å². The first-order valence-electron chi connectivity index (χ1n) is 5.35. The van der Waals surface area contributed by atoms with E-state index in [1.54, 1.807) is 0 Å². The van der Waals surface area contributed by atoms with Crippen LogP contribution >= 0.6 is 0 Å². The van der Waals surface area contributed by atoms with E-state index in [0.29, 0.717) is 5.41 Å². The van der Waals surface area contributed by atoms with Crippen molar-refractivity contribution >= 4 is 0 Å². The van der Waals surface area contributed by atoms with Crippen LogP contribution in [0.1, 0.15) is 46.5 Å². The Balaban J connectivity index is 1.92. The molecule has 0 saturated heterocycles. The molecule has 0 unspecified atom stereocenters. The van der Waals surface area contributed by atoms with Crippen molar-refractivity contribution in [1.29, 1.82) is 0 Å². The lowest BCUT2D eigenvalue weighted by Gasteiger charge is -2.22. The molecule has 0 spiro atoms. The molecule has 0 heterocycles. The van der Waals surface area contributed by atoms with Gasteiger partial charge >= 0.3 is 0 Å². The van der Waals surface area contributed by atoms with Crippen molar-refractivity contribution in [3.05, 3.63) is 0 Å². The van der Waals surface area contributed by atoms with Crippen molar-refractivity contribution < 1.29 is 0 Å². The summed E-state index contributed by atoms with van der Waals surface area (Å²) < 4.78 is 0. The highest BCUT2D eigenvalue weighted by molar-refractivity contribution is 4.75. The van der Waals surface area contributed by atoms with E-state index in [0.717, 1.165) is 5.92 Å². The number of hydrogen-bond acceptors (Lipinski definition) is 1. The lowest BCUT2D eigenvalue weighted by molar-refractivity contribution is 0.327. The Morgan fingerprint density at radius 2 is 2.00 bits per heavy atom. The SMILES string of the molecule is CCC(C)(C)CNCCC1CC1. The van der Waals surface area contributed by atoms with E-state index in [1.807, 2.05) is 0 Å². The average molecular weight is 169 g/mol. The third-order valence-corrected chi connectivity index (χ3v) is 2.99. The first kappa shape index (κ1) is 10.0. The molecule has 0 bridgehead atoms. The van der Waals surface area contributed by atoms with Crippen molar-refractivity contribution in [2.75, 3.05) is 13.1 Å². The van der Waals surface area contributed by atoms with Crippen LogP contribution in [0.2, 0.25) is 0 Å². The van der Waals surface area contributed by atoms with Gasteiger partial charge in [0.1, 0.15) is 0 Å². The number of nitrogens with one attached hydrogen (secondary N) is 1. The van der Waals surface area contributed by atoms with Crippen molar-refractivity contribution in [2.24, 2.45) is 11.3 Å².